The van der Waals surface area contributed by atoms with Crippen LogP contribution in [0, 0.1) is 5.82 Å². The summed E-state index contributed by atoms with van der Waals surface area (Å²) in [4.78, 5) is 41.8. The van der Waals surface area contributed by atoms with Crippen LogP contribution in [0.5, 0.6) is 0 Å². The second kappa shape index (κ2) is 13.5. The summed E-state index contributed by atoms with van der Waals surface area (Å²) >= 11 is 12.3. The van der Waals surface area contributed by atoms with Crippen LogP contribution in [0.3, 0.4) is 0 Å². The monoisotopic (exact) mass is 641 g/mol. The second-order valence-corrected chi connectivity index (χ2v) is 10.3. The Morgan fingerprint density at radius 2 is 1.95 bits per heavy atom. The highest BCUT2D eigenvalue weighted by Crippen LogP contribution is 2.37. The number of methoxy groups -OCH3 is 1. The molecule has 2 unspecified atom stereocenters. The summed E-state index contributed by atoms with van der Waals surface area (Å²) in [6, 6.07) is 4.61. The Balaban J connectivity index is 1.64. The number of nitrogens with one attached hydrogen (secondary N) is 4. The fourth-order valence-electron chi connectivity index (χ4n) is 4.43. The van der Waals surface area contributed by atoms with Gasteiger partial charge in [0, 0.05) is 35.0 Å². The van der Waals surface area contributed by atoms with Gasteiger partial charge in [-0.15, -0.1) is 0 Å². The first-order chi connectivity index (χ1) is 20.4. The van der Waals surface area contributed by atoms with Crippen molar-refractivity contribution in [3.05, 3.63) is 76.1 Å². The fourth-order valence-corrected chi connectivity index (χ4v) is 4.90. The first kappa shape index (κ1) is 31.8. The lowest BCUT2D eigenvalue weighted by molar-refractivity contribution is -0.138. The molecule has 2 heterocycles. The highest BCUT2D eigenvalue weighted by atomic mass is 35.5. The lowest BCUT2D eigenvalue weighted by Gasteiger charge is -2.19. The molecule has 15 heteroatoms. The smallest absolute Gasteiger partial charge is 0.417 e. The lowest BCUT2D eigenvalue weighted by atomic mass is 10.0. The lowest BCUT2D eigenvalue weighted by Crippen LogP contribution is -2.45. The molecule has 3 atom stereocenters. The highest BCUT2D eigenvalue weighted by Gasteiger charge is 2.35. The molecule has 0 saturated carbocycles. The van der Waals surface area contributed by atoms with Gasteiger partial charge in [-0.1, -0.05) is 41.4 Å². The Morgan fingerprint density at radius 3 is 2.67 bits per heavy atom. The Morgan fingerprint density at radius 1 is 1.19 bits per heavy atom. The van der Waals surface area contributed by atoms with E-state index in [-0.39, 0.29) is 24.6 Å². The number of alkyl halides is 4. The quantitative estimate of drug-likeness (QED) is 0.105. The van der Waals surface area contributed by atoms with Crippen LogP contribution in [0.1, 0.15) is 42.0 Å². The summed E-state index contributed by atoms with van der Waals surface area (Å²) < 4.78 is 59.4. The van der Waals surface area contributed by atoms with Crippen molar-refractivity contribution in [2.24, 2.45) is 4.99 Å². The number of rotatable bonds is 4. The molecule has 2 aliphatic heterocycles. The van der Waals surface area contributed by atoms with E-state index in [4.69, 9.17) is 23.2 Å². The third kappa shape index (κ3) is 7.85. The molecule has 0 saturated heterocycles. The maximum atomic E-state index is 14.5. The summed E-state index contributed by atoms with van der Waals surface area (Å²) in [5.41, 5.74) is -1.78. The number of halogens is 6. The molecule has 228 valence electrons. The van der Waals surface area contributed by atoms with Crippen LogP contribution in [-0.2, 0) is 20.5 Å². The van der Waals surface area contributed by atoms with E-state index in [1.807, 2.05) is 0 Å². The zero-order valence-corrected chi connectivity index (χ0v) is 23.9. The van der Waals surface area contributed by atoms with E-state index in [9.17, 15) is 31.9 Å². The number of hydrogen-bond donors (Lipinski definition) is 4. The predicted molar refractivity (Wildman–Crippen MR) is 154 cm³/mol. The largest absolute Gasteiger partial charge is 0.453 e. The van der Waals surface area contributed by atoms with E-state index in [2.05, 4.69) is 31.0 Å². The minimum atomic E-state index is -4.88. The van der Waals surface area contributed by atoms with Crippen molar-refractivity contribution in [3.8, 4) is 0 Å². The van der Waals surface area contributed by atoms with E-state index < -0.39 is 57.7 Å². The Labute approximate surface area is 253 Å². The summed E-state index contributed by atoms with van der Waals surface area (Å²) in [6.45, 7) is 0. The highest BCUT2D eigenvalue weighted by molar-refractivity contribution is 6.31. The van der Waals surface area contributed by atoms with Gasteiger partial charge < -0.3 is 20.7 Å². The van der Waals surface area contributed by atoms with E-state index in [0.717, 1.165) is 12.1 Å². The normalized spacial score (nSPS) is 21.2. The molecule has 9 nitrogen and oxygen atoms in total. The minimum Gasteiger partial charge on any atom is -0.453 e. The number of hydrogen-bond acceptors (Lipinski definition) is 6. The van der Waals surface area contributed by atoms with Crippen LogP contribution in [-0.4, -0.2) is 42.4 Å². The minimum absolute atomic E-state index is 0.123. The molecule has 0 fully saturated rings. The first-order valence-electron chi connectivity index (χ1n) is 12.8. The third-order valence-corrected chi connectivity index (χ3v) is 7.12. The molecule has 0 aliphatic carbocycles. The maximum Gasteiger partial charge on any atom is 0.417 e. The molecular formula is C28H25Cl2F4N5O4. The van der Waals surface area contributed by atoms with Crippen molar-refractivity contribution in [1.82, 2.24) is 10.6 Å². The van der Waals surface area contributed by atoms with Gasteiger partial charge in [0.05, 0.1) is 23.7 Å². The van der Waals surface area contributed by atoms with Crippen LogP contribution < -0.4 is 21.3 Å². The third-order valence-electron chi connectivity index (χ3n) is 6.48. The summed E-state index contributed by atoms with van der Waals surface area (Å²) in [6.07, 6.45) is 0.00306. The molecule has 2 aromatic rings. The van der Waals surface area contributed by atoms with Gasteiger partial charge in [-0.2, -0.15) is 13.2 Å². The molecule has 0 aromatic heterocycles. The number of anilines is 2. The Hall–Kier alpha value is -4.10. The van der Waals surface area contributed by atoms with Crippen molar-refractivity contribution in [3.63, 3.8) is 0 Å². The van der Waals surface area contributed by atoms with Crippen LogP contribution in [0.15, 0.2) is 53.6 Å². The topological polar surface area (TPSA) is 121 Å². The molecule has 3 amide bonds. The molecule has 4 rings (SSSR count). The van der Waals surface area contributed by atoms with Gasteiger partial charge in [0.2, 0.25) is 11.8 Å². The molecule has 4 N–H and O–H groups in total. The number of amidine groups is 1. The average Bonchev–Trinajstić information content (AvgIpc) is 3.33. The van der Waals surface area contributed by atoms with Gasteiger partial charge in [0.15, 0.2) is 0 Å². The van der Waals surface area contributed by atoms with Crippen molar-refractivity contribution in [2.75, 3.05) is 17.7 Å². The Kier molecular flexibility index (Phi) is 9.97. The number of allylic oxidation sites excluding steroid dienone is 1. The van der Waals surface area contributed by atoms with Crippen LogP contribution in [0.2, 0.25) is 5.02 Å². The average molecular weight is 642 g/mol. The molecule has 2 aromatic carbocycles. The SMILES string of the molecule is COC(=O)Nc1ccc2c(c1)NC(=O)CC/C=C/C[C@H](NC(=O)/C=C/c1c(C(F)(F)F)ccc(Cl)c1F)C1=NC2C(Cl)N1. The number of ether oxygens (including phenoxy) is 1. The number of aliphatic imine (C=N–C) groups is 1. The number of amides is 3. The summed E-state index contributed by atoms with van der Waals surface area (Å²) in [5.74, 6) is -2.17. The Bertz CT molecular complexity index is 1510. The molecule has 0 radical (unpaired) electrons. The van der Waals surface area contributed by atoms with E-state index >= 15 is 0 Å². The van der Waals surface area contributed by atoms with E-state index in [0.29, 0.717) is 35.5 Å². The molecule has 2 bridgehead atoms. The van der Waals surface area contributed by atoms with Gasteiger partial charge in [0.1, 0.15) is 23.2 Å². The fraction of sp³-hybridized carbons (Fsp3) is 0.286. The van der Waals surface area contributed by atoms with Gasteiger partial charge in [-0.05, 0) is 43.2 Å². The summed E-state index contributed by atoms with van der Waals surface area (Å²) in [5, 5.41) is 10.5. The predicted octanol–water partition coefficient (Wildman–Crippen LogP) is 6.16. The number of carbonyl (C=O) groups is 3. The van der Waals surface area contributed by atoms with E-state index in [1.54, 1.807) is 24.3 Å². The zero-order valence-electron chi connectivity index (χ0n) is 22.4. The van der Waals surface area contributed by atoms with E-state index in [1.165, 1.54) is 13.2 Å². The first-order valence-corrected chi connectivity index (χ1v) is 13.6. The second-order valence-electron chi connectivity index (χ2n) is 9.43. The molecule has 0 spiro atoms. The number of fused-ring (bicyclic) bond motifs is 3. The van der Waals surface area contributed by atoms with Crippen LogP contribution in [0.4, 0.5) is 33.7 Å². The number of carbonyl (C=O) groups excluding carboxylic acids is 3. The molecule has 43 heavy (non-hydrogen) atoms. The van der Waals surface area contributed by atoms with Gasteiger partial charge in [-0.3, -0.25) is 19.9 Å². The van der Waals surface area contributed by atoms with Crippen molar-refractivity contribution in [2.45, 2.75) is 43.0 Å². The maximum absolute atomic E-state index is 14.5. The van der Waals surface area contributed by atoms with Gasteiger partial charge in [0.25, 0.3) is 0 Å². The van der Waals surface area contributed by atoms with Gasteiger partial charge in [-0.25, -0.2) is 9.18 Å². The molecular weight excluding hydrogens is 617 g/mol. The number of benzene rings is 2. The van der Waals surface area contributed by atoms with Crippen molar-refractivity contribution in [1.29, 1.82) is 0 Å². The van der Waals surface area contributed by atoms with Crippen molar-refractivity contribution < 1.29 is 36.7 Å². The standard InChI is InChI=1S/C28H25Cl2F4N5O4/c1-43-27(42)35-14-7-8-16-20(13-14)37-21(40)6-4-2-3-5-19(26-38-24(16)25(30)39-26)36-22(41)12-9-15-17(28(32,33)34)10-11-18(29)23(15)31/h2-3,7-13,19,24-25H,4-6H2,1H3,(H,35,42)(H,36,41)(H,37,40)(H,38,39)/b3-2+,12-9+/t19-,24?,25?/m0/s1. The van der Waals surface area contributed by atoms with Crippen LogP contribution in [0.25, 0.3) is 6.08 Å². The van der Waals surface area contributed by atoms with Crippen molar-refractivity contribution >= 4 is 64.4 Å². The number of nitrogens with zero attached hydrogens (tertiary/aromatic N) is 1. The van der Waals surface area contributed by atoms with Crippen LogP contribution >= 0.6 is 23.2 Å². The van der Waals surface area contributed by atoms with Gasteiger partial charge >= 0.3 is 12.3 Å². The summed E-state index contributed by atoms with van der Waals surface area (Å²) in [7, 11) is 1.21. The molecule has 2 aliphatic rings. The zero-order chi connectivity index (χ0) is 31.3.